The van der Waals surface area contributed by atoms with Crippen LogP contribution in [0, 0.1) is 0 Å². The van der Waals surface area contributed by atoms with Crippen LogP contribution in [0.1, 0.15) is 27.7 Å². The molecule has 0 spiro atoms. The number of rotatable bonds is 5. The maximum atomic E-state index is 11.4. The Hall–Kier alpha value is -1.68. The van der Waals surface area contributed by atoms with Gasteiger partial charge in [0.25, 0.3) is 0 Å². The van der Waals surface area contributed by atoms with Crippen molar-refractivity contribution in [1.29, 1.82) is 0 Å². The predicted octanol–water partition coefficient (Wildman–Crippen LogP) is 0.464. The van der Waals surface area contributed by atoms with Crippen LogP contribution in [0.4, 0.5) is 0 Å². The standard InChI is InChI=1S/C14H19BrO9/c1-6(16)20-5-10-11(21-7(2)17)12(22-8(3)18)13(14(15)24-10)23-9(4)19/h10-14H,5H2,1-4H3/t10-,11+,12-,13+,14-/m0/s1. The van der Waals surface area contributed by atoms with E-state index >= 15 is 0 Å². The summed E-state index contributed by atoms with van der Waals surface area (Å²) in [7, 11) is 0. The summed E-state index contributed by atoms with van der Waals surface area (Å²) in [5.74, 6) is -2.52. The van der Waals surface area contributed by atoms with Gasteiger partial charge in [-0.3, -0.25) is 19.2 Å². The van der Waals surface area contributed by atoms with Crippen LogP contribution in [-0.2, 0) is 42.9 Å². The van der Waals surface area contributed by atoms with Crippen LogP contribution in [-0.4, -0.2) is 59.9 Å². The fraction of sp³-hybridized carbons (Fsp3) is 0.714. The molecule has 0 saturated carbocycles. The van der Waals surface area contributed by atoms with Crippen LogP contribution in [0.25, 0.3) is 0 Å². The minimum Gasteiger partial charge on any atom is -0.463 e. The van der Waals surface area contributed by atoms with E-state index in [0.29, 0.717) is 0 Å². The molecule has 1 rings (SSSR count). The molecule has 1 aliphatic heterocycles. The zero-order valence-corrected chi connectivity index (χ0v) is 15.2. The molecule has 0 aromatic heterocycles. The van der Waals surface area contributed by atoms with E-state index in [-0.39, 0.29) is 6.61 Å². The molecule has 10 heteroatoms. The van der Waals surface area contributed by atoms with Crippen molar-refractivity contribution >= 4 is 39.8 Å². The number of carbonyl (C=O) groups excluding carboxylic acids is 4. The van der Waals surface area contributed by atoms with Crippen LogP contribution >= 0.6 is 15.9 Å². The lowest BCUT2D eigenvalue weighted by Crippen LogP contribution is -2.60. The maximum absolute atomic E-state index is 11.4. The van der Waals surface area contributed by atoms with E-state index in [2.05, 4.69) is 15.9 Å². The number of esters is 4. The van der Waals surface area contributed by atoms with Gasteiger partial charge in [0.1, 0.15) is 12.7 Å². The van der Waals surface area contributed by atoms with E-state index in [1.807, 2.05) is 0 Å². The predicted molar refractivity (Wildman–Crippen MR) is 80.9 cm³/mol. The summed E-state index contributed by atoms with van der Waals surface area (Å²) in [5, 5.41) is -0.863. The second-order valence-electron chi connectivity index (χ2n) is 5.05. The van der Waals surface area contributed by atoms with Crippen molar-refractivity contribution in [2.24, 2.45) is 0 Å². The molecule has 0 unspecified atom stereocenters. The molecule has 0 radical (unpaired) electrons. The molecule has 0 amide bonds. The van der Waals surface area contributed by atoms with Crippen LogP contribution < -0.4 is 0 Å². The molecule has 1 saturated heterocycles. The van der Waals surface area contributed by atoms with Crippen molar-refractivity contribution in [1.82, 2.24) is 0 Å². The largest absolute Gasteiger partial charge is 0.463 e. The quantitative estimate of drug-likeness (QED) is 0.362. The van der Waals surface area contributed by atoms with Gasteiger partial charge in [-0.05, 0) is 0 Å². The molecule has 0 bridgehead atoms. The van der Waals surface area contributed by atoms with Gasteiger partial charge in [0, 0.05) is 27.7 Å². The third kappa shape index (κ3) is 6.08. The van der Waals surface area contributed by atoms with E-state index in [4.69, 9.17) is 23.7 Å². The smallest absolute Gasteiger partial charge is 0.303 e. The fourth-order valence-corrected chi connectivity index (χ4v) is 2.86. The van der Waals surface area contributed by atoms with E-state index < -0.39 is 53.3 Å². The average Bonchev–Trinajstić information content (AvgIpc) is 2.42. The minimum atomic E-state index is -1.13. The van der Waals surface area contributed by atoms with E-state index in [9.17, 15) is 19.2 Å². The zero-order valence-electron chi connectivity index (χ0n) is 13.6. The lowest BCUT2D eigenvalue weighted by Gasteiger charge is -2.42. The van der Waals surface area contributed by atoms with Crippen LogP contribution in [0.5, 0.6) is 0 Å². The second-order valence-corrected chi connectivity index (χ2v) is 5.95. The van der Waals surface area contributed by atoms with Crippen molar-refractivity contribution in [2.75, 3.05) is 6.61 Å². The monoisotopic (exact) mass is 410 g/mol. The van der Waals surface area contributed by atoms with E-state index in [1.54, 1.807) is 0 Å². The SMILES string of the molecule is CC(=O)OC[C@@H]1O[C@H](Br)[C@H](OC(C)=O)[C@@H](OC(C)=O)[C@@H]1OC(C)=O. The average molecular weight is 411 g/mol. The molecular formula is C14H19BrO9. The lowest BCUT2D eigenvalue weighted by molar-refractivity contribution is -0.236. The highest BCUT2D eigenvalue weighted by molar-refractivity contribution is 9.09. The highest BCUT2D eigenvalue weighted by Gasteiger charge is 2.51. The second kappa shape index (κ2) is 8.97. The van der Waals surface area contributed by atoms with Crippen molar-refractivity contribution < 1.29 is 42.9 Å². The Kier molecular flexibility index (Phi) is 7.61. The summed E-state index contributed by atoms with van der Waals surface area (Å²) in [6.07, 6.45) is -4.22. The fourth-order valence-electron chi connectivity index (χ4n) is 2.18. The van der Waals surface area contributed by atoms with Crippen LogP contribution in [0.3, 0.4) is 0 Å². The van der Waals surface area contributed by atoms with Crippen LogP contribution in [0.2, 0.25) is 0 Å². The third-order valence-electron chi connectivity index (χ3n) is 2.93. The number of alkyl halides is 1. The van der Waals surface area contributed by atoms with E-state index in [1.165, 1.54) is 13.8 Å². The van der Waals surface area contributed by atoms with E-state index in [0.717, 1.165) is 13.8 Å². The van der Waals surface area contributed by atoms with Crippen molar-refractivity contribution in [2.45, 2.75) is 57.1 Å². The zero-order chi connectivity index (χ0) is 18.4. The molecule has 136 valence electrons. The normalized spacial score (nSPS) is 29.3. The van der Waals surface area contributed by atoms with Gasteiger partial charge in [-0.25, -0.2) is 0 Å². The number of ether oxygens (including phenoxy) is 5. The maximum Gasteiger partial charge on any atom is 0.303 e. The summed E-state index contributed by atoms with van der Waals surface area (Å²) in [4.78, 5) is 45.1. The van der Waals surface area contributed by atoms with Gasteiger partial charge >= 0.3 is 23.9 Å². The molecule has 1 heterocycles. The van der Waals surface area contributed by atoms with Gasteiger partial charge in [0.2, 0.25) is 0 Å². The molecule has 9 nitrogen and oxygen atoms in total. The van der Waals surface area contributed by atoms with Gasteiger partial charge in [-0.1, -0.05) is 15.9 Å². The van der Waals surface area contributed by atoms with Crippen molar-refractivity contribution in [3.8, 4) is 0 Å². The first kappa shape index (κ1) is 20.4. The summed E-state index contributed by atoms with van der Waals surface area (Å²) < 4.78 is 25.9. The van der Waals surface area contributed by atoms with Gasteiger partial charge < -0.3 is 23.7 Å². The Labute approximate surface area is 147 Å². The summed E-state index contributed by atoms with van der Waals surface area (Å²) >= 11 is 3.18. The third-order valence-corrected chi connectivity index (χ3v) is 3.67. The Morgan fingerprint density at radius 2 is 1.25 bits per heavy atom. The first-order valence-corrected chi connectivity index (χ1v) is 7.98. The molecule has 0 aromatic rings. The number of carbonyl (C=O) groups is 4. The number of hydrogen-bond acceptors (Lipinski definition) is 9. The number of halogens is 1. The molecule has 0 N–H and O–H groups in total. The van der Waals surface area contributed by atoms with Crippen molar-refractivity contribution in [3.63, 3.8) is 0 Å². The van der Waals surface area contributed by atoms with Gasteiger partial charge in [0.05, 0.1) is 0 Å². The molecule has 24 heavy (non-hydrogen) atoms. The van der Waals surface area contributed by atoms with Crippen LogP contribution in [0.15, 0.2) is 0 Å². The first-order chi connectivity index (χ1) is 11.1. The molecule has 0 aliphatic carbocycles. The Bertz CT molecular complexity index is 506. The molecule has 0 aromatic carbocycles. The Balaban J connectivity index is 3.11. The van der Waals surface area contributed by atoms with Gasteiger partial charge in [0.15, 0.2) is 23.3 Å². The summed E-state index contributed by atoms with van der Waals surface area (Å²) in [6.45, 7) is 4.47. The summed E-state index contributed by atoms with van der Waals surface area (Å²) in [6, 6.07) is 0. The highest BCUT2D eigenvalue weighted by atomic mass is 79.9. The van der Waals surface area contributed by atoms with Gasteiger partial charge in [-0.2, -0.15) is 0 Å². The molecular weight excluding hydrogens is 392 g/mol. The minimum absolute atomic E-state index is 0.236. The lowest BCUT2D eigenvalue weighted by atomic mass is 9.99. The molecule has 1 aliphatic rings. The Morgan fingerprint density at radius 3 is 1.71 bits per heavy atom. The Morgan fingerprint density at radius 1 is 0.792 bits per heavy atom. The molecule has 1 fully saturated rings. The highest BCUT2D eigenvalue weighted by Crippen LogP contribution is 2.31. The summed E-state index contributed by atoms with van der Waals surface area (Å²) in [5.41, 5.74) is 0. The number of hydrogen-bond donors (Lipinski definition) is 0. The van der Waals surface area contributed by atoms with Crippen molar-refractivity contribution in [3.05, 3.63) is 0 Å². The first-order valence-electron chi connectivity index (χ1n) is 7.06. The molecule has 5 atom stereocenters. The van der Waals surface area contributed by atoms with Gasteiger partial charge in [-0.15, -0.1) is 0 Å². The topological polar surface area (TPSA) is 114 Å².